The van der Waals surface area contributed by atoms with Gasteiger partial charge in [0.15, 0.2) is 5.82 Å². The zero-order valence-electron chi connectivity index (χ0n) is 10.8. The molecule has 1 heterocycles. The third kappa shape index (κ3) is 2.64. The van der Waals surface area contributed by atoms with Crippen LogP contribution in [0.25, 0.3) is 0 Å². The fourth-order valence-electron chi connectivity index (χ4n) is 1.97. The zero-order chi connectivity index (χ0) is 13.3. The minimum absolute atomic E-state index is 0.0833. The fraction of sp³-hybridized carbons (Fsp3) is 0.385. The Labute approximate surface area is 112 Å². The van der Waals surface area contributed by atoms with Gasteiger partial charge in [0.1, 0.15) is 0 Å². The largest absolute Gasteiger partial charge is 0.381 e. The van der Waals surface area contributed by atoms with Crippen molar-refractivity contribution in [3.05, 3.63) is 40.5 Å². The molecule has 0 unspecified atom stereocenters. The molecule has 2 aromatic rings. The van der Waals surface area contributed by atoms with Crippen LogP contribution < -0.4 is 5.73 Å². The number of benzene rings is 1. The van der Waals surface area contributed by atoms with Gasteiger partial charge in [-0.3, -0.25) is 0 Å². The van der Waals surface area contributed by atoms with E-state index in [0.29, 0.717) is 12.4 Å². The lowest BCUT2D eigenvalue weighted by atomic mass is 9.92. The molecule has 4 nitrogen and oxygen atoms in total. The van der Waals surface area contributed by atoms with Crippen molar-refractivity contribution in [2.75, 3.05) is 5.73 Å². The van der Waals surface area contributed by atoms with Crippen molar-refractivity contribution >= 4 is 17.4 Å². The van der Waals surface area contributed by atoms with Gasteiger partial charge in [0.2, 0.25) is 0 Å². The number of aromatic nitrogens is 3. The van der Waals surface area contributed by atoms with Crippen molar-refractivity contribution in [2.45, 2.75) is 32.7 Å². The topological polar surface area (TPSA) is 56.7 Å². The molecule has 0 aliphatic carbocycles. The first-order chi connectivity index (χ1) is 8.38. The molecule has 0 atom stereocenters. The molecule has 5 heteroatoms. The van der Waals surface area contributed by atoms with E-state index in [9.17, 15) is 0 Å². The molecule has 0 aliphatic rings. The second kappa shape index (κ2) is 4.61. The molecule has 0 spiro atoms. The van der Waals surface area contributed by atoms with E-state index < -0.39 is 0 Å². The smallest absolute Gasteiger partial charge is 0.169 e. The Morgan fingerprint density at radius 2 is 1.83 bits per heavy atom. The van der Waals surface area contributed by atoms with Crippen molar-refractivity contribution in [3.63, 3.8) is 0 Å². The molecule has 0 aliphatic heterocycles. The van der Waals surface area contributed by atoms with E-state index in [4.69, 9.17) is 17.3 Å². The minimum atomic E-state index is -0.0833. The van der Waals surface area contributed by atoms with Crippen LogP contribution in [0.1, 0.15) is 32.0 Å². The quantitative estimate of drug-likeness (QED) is 0.907. The van der Waals surface area contributed by atoms with Crippen LogP contribution in [-0.4, -0.2) is 15.0 Å². The first-order valence-corrected chi connectivity index (χ1v) is 6.19. The highest BCUT2D eigenvalue weighted by atomic mass is 35.5. The van der Waals surface area contributed by atoms with Crippen molar-refractivity contribution in [3.8, 4) is 0 Å². The minimum Gasteiger partial charge on any atom is -0.381 e. The maximum atomic E-state index is 5.89. The van der Waals surface area contributed by atoms with Crippen LogP contribution in [0.5, 0.6) is 0 Å². The highest BCUT2D eigenvalue weighted by molar-refractivity contribution is 6.30. The average molecular weight is 265 g/mol. The zero-order valence-corrected chi connectivity index (χ0v) is 11.6. The van der Waals surface area contributed by atoms with Gasteiger partial charge in [0.05, 0.1) is 12.2 Å². The van der Waals surface area contributed by atoms with E-state index in [2.05, 4.69) is 31.1 Å². The van der Waals surface area contributed by atoms with Crippen LogP contribution in [0.2, 0.25) is 5.02 Å². The monoisotopic (exact) mass is 264 g/mol. The fourth-order valence-corrected chi connectivity index (χ4v) is 2.10. The molecule has 18 heavy (non-hydrogen) atoms. The van der Waals surface area contributed by atoms with Gasteiger partial charge < -0.3 is 5.73 Å². The number of nitrogens with two attached hydrogens (primary N) is 1. The number of nitrogens with zero attached hydrogens (tertiary/aromatic N) is 3. The van der Waals surface area contributed by atoms with Gasteiger partial charge in [-0.1, -0.05) is 49.7 Å². The summed E-state index contributed by atoms with van der Waals surface area (Å²) in [5, 5.41) is 8.80. The average Bonchev–Trinajstić information content (AvgIpc) is 2.63. The normalized spacial score (nSPS) is 11.8. The predicted molar refractivity (Wildman–Crippen MR) is 73.7 cm³/mol. The summed E-state index contributed by atoms with van der Waals surface area (Å²) < 4.78 is 1.85. The molecule has 0 saturated heterocycles. The second-order valence-electron chi connectivity index (χ2n) is 5.36. The molecule has 1 aromatic carbocycles. The van der Waals surface area contributed by atoms with Gasteiger partial charge in [-0.15, -0.1) is 5.10 Å². The molecular formula is C13H17ClN4. The molecule has 2 rings (SSSR count). The van der Waals surface area contributed by atoms with Gasteiger partial charge >= 0.3 is 0 Å². The summed E-state index contributed by atoms with van der Waals surface area (Å²) in [4.78, 5) is 0. The van der Waals surface area contributed by atoms with Crippen LogP contribution in [0.15, 0.2) is 24.3 Å². The standard InChI is InChI=1S/C13H17ClN4/c1-13(2,3)11-12(15)16-17-18(11)8-9-4-6-10(14)7-5-9/h4-7H,8,15H2,1-3H3. The molecule has 96 valence electrons. The Morgan fingerprint density at radius 3 is 2.39 bits per heavy atom. The van der Waals surface area contributed by atoms with E-state index in [0.717, 1.165) is 16.3 Å². The molecule has 1 aromatic heterocycles. The molecule has 0 bridgehead atoms. The Kier molecular flexibility index (Phi) is 3.30. The molecule has 0 saturated carbocycles. The van der Waals surface area contributed by atoms with Gasteiger partial charge in [-0.05, 0) is 17.7 Å². The summed E-state index contributed by atoms with van der Waals surface area (Å²) >= 11 is 5.87. The molecule has 0 radical (unpaired) electrons. The number of anilines is 1. The van der Waals surface area contributed by atoms with E-state index >= 15 is 0 Å². The lowest BCUT2D eigenvalue weighted by molar-refractivity contribution is 0.502. The Bertz CT molecular complexity index is 537. The number of nitrogen functional groups attached to an aromatic ring is 1. The molecule has 0 amide bonds. The van der Waals surface area contributed by atoms with Crippen molar-refractivity contribution in [1.82, 2.24) is 15.0 Å². The van der Waals surface area contributed by atoms with Gasteiger partial charge in [-0.25, -0.2) is 4.68 Å². The van der Waals surface area contributed by atoms with E-state index in [1.54, 1.807) is 0 Å². The first kappa shape index (κ1) is 12.9. The van der Waals surface area contributed by atoms with Gasteiger partial charge in [0, 0.05) is 10.4 Å². The highest BCUT2D eigenvalue weighted by Crippen LogP contribution is 2.26. The van der Waals surface area contributed by atoms with E-state index in [1.165, 1.54) is 0 Å². The number of hydrogen-bond acceptors (Lipinski definition) is 3. The maximum absolute atomic E-state index is 5.89. The summed E-state index contributed by atoms with van der Waals surface area (Å²) in [6, 6.07) is 7.70. The van der Waals surface area contributed by atoms with Crippen molar-refractivity contribution in [2.24, 2.45) is 0 Å². The first-order valence-electron chi connectivity index (χ1n) is 5.82. The number of rotatable bonds is 2. The molecular weight excluding hydrogens is 248 g/mol. The van der Waals surface area contributed by atoms with Crippen LogP contribution >= 0.6 is 11.6 Å². The van der Waals surface area contributed by atoms with Crippen LogP contribution in [0.4, 0.5) is 5.82 Å². The summed E-state index contributed by atoms with van der Waals surface area (Å²) in [5.41, 5.74) is 7.88. The summed E-state index contributed by atoms with van der Waals surface area (Å²) in [7, 11) is 0. The Morgan fingerprint density at radius 1 is 1.22 bits per heavy atom. The maximum Gasteiger partial charge on any atom is 0.169 e. The Hall–Kier alpha value is -1.55. The van der Waals surface area contributed by atoms with Gasteiger partial charge in [0.25, 0.3) is 0 Å². The van der Waals surface area contributed by atoms with Crippen LogP contribution in [0.3, 0.4) is 0 Å². The SMILES string of the molecule is CC(C)(C)c1c(N)nnn1Cc1ccc(Cl)cc1. The lowest BCUT2D eigenvalue weighted by Crippen LogP contribution is -2.20. The summed E-state index contributed by atoms with van der Waals surface area (Å²) in [5.74, 6) is 0.497. The van der Waals surface area contributed by atoms with Crippen LogP contribution in [0, 0.1) is 0 Å². The third-order valence-corrected chi connectivity index (χ3v) is 2.97. The summed E-state index contributed by atoms with van der Waals surface area (Å²) in [6.45, 7) is 6.94. The summed E-state index contributed by atoms with van der Waals surface area (Å²) in [6.07, 6.45) is 0. The lowest BCUT2D eigenvalue weighted by Gasteiger charge is -2.20. The molecule has 0 fully saturated rings. The number of hydrogen-bond donors (Lipinski definition) is 1. The number of halogens is 1. The highest BCUT2D eigenvalue weighted by Gasteiger charge is 2.23. The Balaban J connectivity index is 2.33. The third-order valence-electron chi connectivity index (χ3n) is 2.72. The van der Waals surface area contributed by atoms with Crippen molar-refractivity contribution in [1.29, 1.82) is 0 Å². The van der Waals surface area contributed by atoms with Crippen molar-refractivity contribution < 1.29 is 0 Å². The van der Waals surface area contributed by atoms with Gasteiger partial charge in [-0.2, -0.15) is 0 Å². The second-order valence-corrected chi connectivity index (χ2v) is 5.79. The molecule has 2 N–H and O–H groups in total. The predicted octanol–water partition coefficient (Wildman–Crippen LogP) is 2.86. The van der Waals surface area contributed by atoms with Crippen LogP contribution in [-0.2, 0) is 12.0 Å². The van der Waals surface area contributed by atoms with E-state index in [-0.39, 0.29) is 5.41 Å². The van der Waals surface area contributed by atoms with E-state index in [1.807, 2.05) is 28.9 Å².